The van der Waals surface area contributed by atoms with Gasteiger partial charge in [-0.3, -0.25) is 10.1 Å². The van der Waals surface area contributed by atoms with Gasteiger partial charge in [0.25, 0.3) is 5.69 Å². The second kappa shape index (κ2) is 3.83. The van der Waals surface area contributed by atoms with Crippen molar-refractivity contribution in [1.29, 1.82) is 0 Å². The Bertz CT molecular complexity index is 354. The lowest BCUT2D eigenvalue weighted by Crippen LogP contribution is -1.97. The van der Waals surface area contributed by atoms with E-state index in [9.17, 15) is 14.5 Å². The summed E-state index contributed by atoms with van der Waals surface area (Å²) >= 11 is 3.00. The lowest BCUT2D eigenvalue weighted by Gasteiger charge is -2.01. The second-order valence-corrected chi connectivity index (χ2v) is 3.41. The Hall–Kier alpha value is -0.970. The highest BCUT2D eigenvalue weighted by atomic mass is 79.9. The van der Waals surface area contributed by atoms with Gasteiger partial charge in [-0.2, -0.15) is 0 Å². The number of halogens is 2. The van der Waals surface area contributed by atoms with Gasteiger partial charge in [0.2, 0.25) is 0 Å². The molecule has 0 N–H and O–H groups in total. The first-order valence-electron chi connectivity index (χ1n) is 3.68. The van der Waals surface area contributed by atoms with Gasteiger partial charge in [0.1, 0.15) is 5.82 Å². The molecule has 70 valence electrons. The molecule has 0 aliphatic carbocycles. The summed E-state index contributed by atoms with van der Waals surface area (Å²) in [5.74, 6) is -0.538. The summed E-state index contributed by atoms with van der Waals surface area (Å²) in [4.78, 5) is 9.93. The highest BCUT2D eigenvalue weighted by Gasteiger charge is 2.17. The van der Waals surface area contributed by atoms with Gasteiger partial charge in [-0.1, -0.05) is 22.9 Å². The van der Waals surface area contributed by atoms with Crippen LogP contribution in [0.15, 0.2) is 16.6 Å². The molecule has 5 heteroatoms. The molecule has 0 aromatic heterocycles. The lowest BCUT2D eigenvalue weighted by molar-refractivity contribution is -0.385. The zero-order valence-corrected chi connectivity index (χ0v) is 8.47. The van der Waals surface area contributed by atoms with Crippen molar-refractivity contribution in [1.82, 2.24) is 0 Å². The lowest BCUT2D eigenvalue weighted by atomic mass is 10.1. The summed E-state index contributed by atoms with van der Waals surface area (Å²) in [6, 6.07) is 2.54. The fourth-order valence-corrected chi connectivity index (χ4v) is 1.52. The fraction of sp³-hybridized carbons (Fsp3) is 0.250. The van der Waals surface area contributed by atoms with Gasteiger partial charge in [0, 0.05) is 10.5 Å². The highest BCUT2D eigenvalue weighted by molar-refractivity contribution is 9.10. The standard InChI is InChI=1S/C8H7BrFNO2/c1-2-6-7(10)3-5(9)4-8(6)11(12)13/h3-4H,2H2,1H3. The maximum Gasteiger partial charge on any atom is 0.276 e. The zero-order chi connectivity index (χ0) is 10.0. The number of hydrogen-bond acceptors (Lipinski definition) is 2. The van der Waals surface area contributed by atoms with Crippen LogP contribution in [0.3, 0.4) is 0 Å². The van der Waals surface area contributed by atoms with Gasteiger partial charge in [-0.15, -0.1) is 0 Å². The minimum absolute atomic E-state index is 0.146. The minimum atomic E-state index is -0.577. The van der Waals surface area contributed by atoms with Gasteiger partial charge in [0.05, 0.1) is 10.5 Å². The van der Waals surface area contributed by atoms with E-state index in [2.05, 4.69) is 15.9 Å². The third-order valence-electron chi connectivity index (χ3n) is 1.69. The van der Waals surface area contributed by atoms with Crippen LogP contribution in [0.2, 0.25) is 0 Å². The molecule has 1 aromatic rings. The third kappa shape index (κ3) is 2.03. The Balaban J connectivity index is 3.38. The van der Waals surface area contributed by atoms with Gasteiger partial charge in [-0.25, -0.2) is 4.39 Å². The van der Waals surface area contributed by atoms with Gasteiger partial charge in [-0.05, 0) is 12.5 Å². The number of hydrogen-bond donors (Lipinski definition) is 0. The van der Waals surface area contributed by atoms with Crippen LogP contribution in [0.4, 0.5) is 10.1 Å². The predicted octanol–water partition coefficient (Wildman–Crippen LogP) is 3.06. The molecule has 0 aliphatic rings. The zero-order valence-electron chi connectivity index (χ0n) is 6.88. The number of benzene rings is 1. The van der Waals surface area contributed by atoms with E-state index in [4.69, 9.17) is 0 Å². The number of rotatable bonds is 2. The van der Waals surface area contributed by atoms with Crippen molar-refractivity contribution in [3.05, 3.63) is 38.1 Å². The predicted molar refractivity (Wildman–Crippen MR) is 50.1 cm³/mol. The second-order valence-electron chi connectivity index (χ2n) is 2.50. The molecule has 13 heavy (non-hydrogen) atoms. The van der Waals surface area contributed by atoms with Crippen LogP contribution in [0, 0.1) is 15.9 Å². The van der Waals surface area contributed by atoms with Crippen LogP contribution in [0.5, 0.6) is 0 Å². The molecule has 0 aliphatic heterocycles. The van der Waals surface area contributed by atoms with Crippen LogP contribution < -0.4 is 0 Å². The largest absolute Gasteiger partial charge is 0.276 e. The minimum Gasteiger partial charge on any atom is -0.258 e. The molecular weight excluding hydrogens is 241 g/mol. The topological polar surface area (TPSA) is 43.1 Å². The Kier molecular flexibility index (Phi) is 2.98. The average Bonchev–Trinajstić information content (AvgIpc) is 2.02. The van der Waals surface area contributed by atoms with Crippen molar-refractivity contribution >= 4 is 21.6 Å². The molecule has 0 radical (unpaired) electrons. The molecule has 0 heterocycles. The van der Waals surface area contributed by atoms with E-state index in [0.717, 1.165) is 0 Å². The van der Waals surface area contributed by atoms with Gasteiger partial charge < -0.3 is 0 Å². The highest BCUT2D eigenvalue weighted by Crippen LogP contribution is 2.26. The number of nitro groups is 1. The molecule has 3 nitrogen and oxygen atoms in total. The van der Waals surface area contributed by atoms with E-state index in [1.54, 1.807) is 6.92 Å². The molecule has 1 rings (SSSR count). The van der Waals surface area contributed by atoms with Crippen molar-refractivity contribution in [2.24, 2.45) is 0 Å². The molecule has 0 unspecified atom stereocenters. The normalized spacial score (nSPS) is 10.1. The number of nitrogens with zero attached hydrogens (tertiary/aromatic N) is 1. The van der Waals surface area contributed by atoms with Crippen LogP contribution in [-0.2, 0) is 6.42 Å². The van der Waals surface area contributed by atoms with Crippen LogP contribution in [-0.4, -0.2) is 4.92 Å². The maximum atomic E-state index is 13.1. The number of nitro benzene ring substituents is 1. The molecule has 0 saturated carbocycles. The van der Waals surface area contributed by atoms with Gasteiger partial charge >= 0.3 is 0 Å². The smallest absolute Gasteiger partial charge is 0.258 e. The summed E-state index contributed by atoms with van der Waals surface area (Å²) in [5.41, 5.74) is -0.0254. The molecule has 0 fully saturated rings. The van der Waals surface area contributed by atoms with Crippen molar-refractivity contribution in [3.63, 3.8) is 0 Å². The van der Waals surface area contributed by atoms with Crippen LogP contribution in [0.1, 0.15) is 12.5 Å². The van der Waals surface area contributed by atoms with Crippen molar-refractivity contribution in [3.8, 4) is 0 Å². The quantitative estimate of drug-likeness (QED) is 0.596. The molecule has 0 bridgehead atoms. The van der Waals surface area contributed by atoms with Crippen molar-refractivity contribution in [2.45, 2.75) is 13.3 Å². The van der Waals surface area contributed by atoms with Gasteiger partial charge in [0.15, 0.2) is 0 Å². The van der Waals surface area contributed by atoms with Crippen molar-refractivity contribution < 1.29 is 9.31 Å². The third-order valence-corrected chi connectivity index (χ3v) is 2.14. The first-order valence-corrected chi connectivity index (χ1v) is 4.48. The van der Waals surface area contributed by atoms with E-state index in [-0.39, 0.29) is 11.3 Å². The first-order chi connectivity index (χ1) is 6.06. The summed E-state index contributed by atoms with van der Waals surface area (Å²) in [7, 11) is 0. The summed E-state index contributed by atoms with van der Waals surface area (Å²) in [5, 5.41) is 10.5. The first kappa shape index (κ1) is 10.1. The van der Waals surface area contributed by atoms with E-state index in [1.165, 1.54) is 12.1 Å². The molecule has 1 aromatic carbocycles. The summed E-state index contributed by atoms with van der Waals surface area (Å²) in [6.07, 6.45) is 0.315. The van der Waals surface area contributed by atoms with E-state index in [0.29, 0.717) is 10.9 Å². The molecule has 0 atom stereocenters. The van der Waals surface area contributed by atoms with E-state index >= 15 is 0 Å². The van der Waals surface area contributed by atoms with Crippen LogP contribution in [0.25, 0.3) is 0 Å². The van der Waals surface area contributed by atoms with Crippen LogP contribution >= 0.6 is 15.9 Å². The van der Waals surface area contributed by atoms with E-state index in [1.807, 2.05) is 0 Å². The monoisotopic (exact) mass is 247 g/mol. The maximum absolute atomic E-state index is 13.1. The molecular formula is C8H7BrFNO2. The Morgan fingerprint density at radius 2 is 2.23 bits per heavy atom. The van der Waals surface area contributed by atoms with Crippen molar-refractivity contribution in [2.75, 3.05) is 0 Å². The Labute approximate surface area is 82.8 Å². The van der Waals surface area contributed by atoms with E-state index < -0.39 is 10.7 Å². The SMILES string of the molecule is CCc1c(F)cc(Br)cc1[N+](=O)[O-]. The molecule has 0 saturated heterocycles. The average molecular weight is 248 g/mol. The summed E-state index contributed by atoms with van der Waals surface area (Å²) in [6.45, 7) is 1.68. The Morgan fingerprint density at radius 1 is 1.62 bits per heavy atom. The fourth-order valence-electron chi connectivity index (χ4n) is 1.10. The Morgan fingerprint density at radius 3 is 2.69 bits per heavy atom. The molecule has 0 amide bonds. The molecule has 0 spiro atoms. The summed E-state index contributed by atoms with van der Waals surface area (Å²) < 4.78 is 13.5.